The Morgan fingerprint density at radius 3 is 2.52 bits per heavy atom. The van der Waals surface area contributed by atoms with Crippen molar-refractivity contribution in [1.29, 1.82) is 0 Å². The summed E-state index contributed by atoms with van der Waals surface area (Å²) in [4.78, 5) is 24.1. The number of carbonyl (C=O) groups is 2. The molecule has 2 rings (SSSR count). The summed E-state index contributed by atoms with van der Waals surface area (Å²) in [7, 11) is 1.57. The Morgan fingerprint density at radius 1 is 1.22 bits per heavy atom. The first kappa shape index (κ1) is 16.4. The first-order chi connectivity index (χ1) is 11.1. The Labute approximate surface area is 133 Å². The van der Waals surface area contributed by atoms with Gasteiger partial charge in [0.1, 0.15) is 11.4 Å². The van der Waals surface area contributed by atoms with Crippen molar-refractivity contribution in [3.63, 3.8) is 0 Å². The van der Waals surface area contributed by atoms with Gasteiger partial charge < -0.3 is 19.2 Å². The van der Waals surface area contributed by atoms with Gasteiger partial charge in [0.15, 0.2) is 5.76 Å². The molecule has 0 spiro atoms. The van der Waals surface area contributed by atoms with Gasteiger partial charge in [0.2, 0.25) is 0 Å². The van der Waals surface area contributed by atoms with Crippen LogP contribution >= 0.6 is 0 Å². The molecule has 0 radical (unpaired) electrons. The number of rotatable bonds is 6. The van der Waals surface area contributed by atoms with E-state index < -0.39 is 11.9 Å². The molecule has 1 N–H and O–H groups in total. The zero-order chi connectivity index (χ0) is 16.7. The summed E-state index contributed by atoms with van der Waals surface area (Å²) in [6.07, 6.45) is 2.91. The van der Waals surface area contributed by atoms with Crippen LogP contribution in [0.15, 0.2) is 52.8 Å². The van der Waals surface area contributed by atoms with Crippen molar-refractivity contribution in [2.45, 2.75) is 6.92 Å². The highest BCUT2D eigenvalue weighted by molar-refractivity contribution is 6.02. The second kappa shape index (κ2) is 7.84. The molecule has 6 heteroatoms. The van der Waals surface area contributed by atoms with Crippen LogP contribution in [0.4, 0.5) is 0 Å². The summed E-state index contributed by atoms with van der Waals surface area (Å²) in [5.74, 6) is -0.347. The number of methoxy groups -OCH3 is 1. The number of esters is 1. The van der Waals surface area contributed by atoms with Crippen molar-refractivity contribution >= 4 is 18.0 Å². The van der Waals surface area contributed by atoms with E-state index >= 15 is 0 Å². The lowest BCUT2D eigenvalue weighted by molar-refractivity contribution is -0.138. The zero-order valence-corrected chi connectivity index (χ0v) is 12.9. The number of benzene rings is 1. The summed E-state index contributed by atoms with van der Waals surface area (Å²) in [5.41, 5.74) is 0.743. The molecule has 23 heavy (non-hydrogen) atoms. The van der Waals surface area contributed by atoms with Gasteiger partial charge in [0.25, 0.3) is 5.91 Å². The van der Waals surface area contributed by atoms with Gasteiger partial charge in [-0.05, 0) is 42.8 Å². The third kappa shape index (κ3) is 4.47. The Kier molecular flexibility index (Phi) is 5.57. The minimum absolute atomic E-state index is 0.0263. The molecule has 0 atom stereocenters. The predicted molar refractivity (Wildman–Crippen MR) is 83.8 cm³/mol. The minimum Gasteiger partial charge on any atom is -0.497 e. The fraction of sp³-hybridized carbons (Fsp3) is 0.176. The van der Waals surface area contributed by atoms with Gasteiger partial charge in [-0.3, -0.25) is 4.79 Å². The van der Waals surface area contributed by atoms with Crippen LogP contribution in [0.2, 0.25) is 0 Å². The molecule has 0 unspecified atom stereocenters. The molecule has 0 saturated heterocycles. The maximum atomic E-state index is 12.0. The van der Waals surface area contributed by atoms with Gasteiger partial charge in [0.05, 0.1) is 20.0 Å². The Hall–Kier alpha value is -3.02. The van der Waals surface area contributed by atoms with Crippen LogP contribution in [0.1, 0.15) is 23.0 Å². The van der Waals surface area contributed by atoms with Crippen molar-refractivity contribution in [2.75, 3.05) is 13.7 Å². The zero-order valence-electron chi connectivity index (χ0n) is 12.9. The monoisotopic (exact) mass is 315 g/mol. The highest BCUT2D eigenvalue weighted by Crippen LogP contribution is 2.14. The fourth-order valence-corrected chi connectivity index (χ4v) is 1.81. The molecule has 0 saturated carbocycles. The molecule has 6 nitrogen and oxygen atoms in total. The van der Waals surface area contributed by atoms with Crippen molar-refractivity contribution in [1.82, 2.24) is 5.32 Å². The lowest BCUT2D eigenvalue weighted by atomic mass is 10.2. The third-order valence-electron chi connectivity index (χ3n) is 2.92. The molecule has 0 aliphatic heterocycles. The van der Waals surface area contributed by atoms with Crippen LogP contribution in [0.5, 0.6) is 5.75 Å². The Morgan fingerprint density at radius 2 is 1.96 bits per heavy atom. The second-order valence-corrected chi connectivity index (χ2v) is 4.48. The summed E-state index contributed by atoms with van der Waals surface area (Å²) in [5, 5.41) is 2.50. The van der Waals surface area contributed by atoms with Crippen LogP contribution < -0.4 is 10.1 Å². The molecule has 0 bridgehead atoms. The van der Waals surface area contributed by atoms with E-state index in [1.807, 2.05) is 0 Å². The second-order valence-electron chi connectivity index (χ2n) is 4.48. The lowest BCUT2D eigenvalue weighted by Crippen LogP contribution is -2.28. The molecule has 1 aromatic heterocycles. The molecule has 0 fully saturated rings. The highest BCUT2D eigenvalue weighted by atomic mass is 16.5. The van der Waals surface area contributed by atoms with Crippen LogP contribution in [0.3, 0.4) is 0 Å². The molecule has 2 aromatic rings. The SMILES string of the molecule is CCOC(=O)/C(=C/c1ccc(OC)cc1)NC(=O)c1ccco1. The number of nitrogens with one attached hydrogen (secondary N) is 1. The topological polar surface area (TPSA) is 77.8 Å². The molecule has 1 heterocycles. The summed E-state index contributed by atoms with van der Waals surface area (Å²) in [6.45, 7) is 1.90. The van der Waals surface area contributed by atoms with E-state index in [0.717, 1.165) is 0 Å². The summed E-state index contributed by atoms with van der Waals surface area (Å²) < 4.78 is 15.0. The summed E-state index contributed by atoms with van der Waals surface area (Å²) >= 11 is 0. The van der Waals surface area contributed by atoms with E-state index in [1.54, 1.807) is 44.4 Å². The third-order valence-corrected chi connectivity index (χ3v) is 2.92. The molecule has 120 valence electrons. The molecule has 0 aliphatic rings. The Balaban J connectivity index is 2.23. The normalized spacial score (nSPS) is 11.0. The largest absolute Gasteiger partial charge is 0.497 e. The standard InChI is InChI=1S/C17H17NO5/c1-3-22-17(20)14(18-16(19)15-5-4-10-23-15)11-12-6-8-13(21-2)9-7-12/h4-11H,3H2,1-2H3,(H,18,19)/b14-11-. The van der Waals surface area contributed by atoms with Gasteiger partial charge >= 0.3 is 5.97 Å². The van der Waals surface area contributed by atoms with Crippen LogP contribution in [0, 0.1) is 0 Å². The minimum atomic E-state index is -0.622. The number of ether oxygens (including phenoxy) is 2. The average Bonchev–Trinajstić information content (AvgIpc) is 3.09. The lowest BCUT2D eigenvalue weighted by Gasteiger charge is -2.08. The van der Waals surface area contributed by atoms with Crippen LogP contribution in [-0.4, -0.2) is 25.6 Å². The van der Waals surface area contributed by atoms with Gasteiger partial charge in [0, 0.05) is 0 Å². The molecule has 1 aromatic carbocycles. The van der Waals surface area contributed by atoms with E-state index in [-0.39, 0.29) is 18.1 Å². The van der Waals surface area contributed by atoms with E-state index in [0.29, 0.717) is 11.3 Å². The molecule has 1 amide bonds. The van der Waals surface area contributed by atoms with Gasteiger partial charge in [-0.1, -0.05) is 12.1 Å². The predicted octanol–water partition coefficient (Wildman–Crippen LogP) is 2.62. The molecular weight excluding hydrogens is 298 g/mol. The molecular formula is C17H17NO5. The number of hydrogen-bond acceptors (Lipinski definition) is 5. The van der Waals surface area contributed by atoms with Gasteiger partial charge in [-0.15, -0.1) is 0 Å². The first-order valence-corrected chi connectivity index (χ1v) is 7.01. The van der Waals surface area contributed by atoms with Gasteiger partial charge in [-0.2, -0.15) is 0 Å². The maximum absolute atomic E-state index is 12.0. The number of hydrogen-bond donors (Lipinski definition) is 1. The van der Waals surface area contributed by atoms with E-state index in [2.05, 4.69) is 5.32 Å². The van der Waals surface area contributed by atoms with Crippen molar-refractivity contribution in [2.24, 2.45) is 0 Å². The average molecular weight is 315 g/mol. The fourth-order valence-electron chi connectivity index (χ4n) is 1.81. The Bertz CT molecular complexity index is 686. The number of furan rings is 1. The highest BCUT2D eigenvalue weighted by Gasteiger charge is 2.17. The summed E-state index contributed by atoms with van der Waals surface area (Å²) in [6, 6.07) is 10.1. The van der Waals surface area contributed by atoms with E-state index in [1.165, 1.54) is 18.4 Å². The van der Waals surface area contributed by atoms with Crippen LogP contribution in [0.25, 0.3) is 6.08 Å². The van der Waals surface area contributed by atoms with Crippen molar-refractivity contribution < 1.29 is 23.5 Å². The van der Waals surface area contributed by atoms with Crippen molar-refractivity contribution in [3.8, 4) is 5.75 Å². The quantitative estimate of drug-likeness (QED) is 0.655. The van der Waals surface area contributed by atoms with Crippen molar-refractivity contribution in [3.05, 3.63) is 59.7 Å². The number of amides is 1. The number of carbonyl (C=O) groups excluding carboxylic acids is 2. The van der Waals surface area contributed by atoms with Gasteiger partial charge in [-0.25, -0.2) is 4.79 Å². The maximum Gasteiger partial charge on any atom is 0.354 e. The first-order valence-electron chi connectivity index (χ1n) is 7.01. The van der Waals surface area contributed by atoms with Crippen LogP contribution in [-0.2, 0) is 9.53 Å². The van der Waals surface area contributed by atoms with E-state index in [4.69, 9.17) is 13.9 Å². The smallest absolute Gasteiger partial charge is 0.354 e. The molecule has 0 aliphatic carbocycles. The van der Waals surface area contributed by atoms with E-state index in [9.17, 15) is 9.59 Å².